The standard InChI is InChI=1S/C15H20BrClO4/c16-11-15(20,14(18)19)9-3-1-2-4-10-21-13-7-5-12(17)6-8-13/h5-8,20H,1-4,9-11H2,(H,18,19)/t15-/m1/s1. The molecule has 1 aromatic rings. The summed E-state index contributed by atoms with van der Waals surface area (Å²) in [5.41, 5.74) is -1.65. The summed E-state index contributed by atoms with van der Waals surface area (Å²) in [6, 6.07) is 7.21. The van der Waals surface area contributed by atoms with Crippen molar-refractivity contribution in [2.45, 2.75) is 37.7 Å². The lowest BCUT2D eigenvalue weighted by atomic mass is 9.98. The number of alkyl halides is 1. The zero-order valence-corrected chi connectivity index (χ0v) is 14.1. The highest BCUT2D eigenvalue weighted by molar-refractivity contribution is 9.09. The molecule has 0 saturated carbocycles. The Morgan fingerprint density at radius 3 is 2.38 bits per heavy atom. The van der Waals surface area contributed by atoms with E-state index in [1.807, 2.05) is 12.1 Å². The van der Waals surface area contributed by atoms with Gasteiger partial charge in [-0.15, -0.1) is 0 Å². The minimum atomic E-state index is -1.65. The van der Waals surface area contributed by atoms with Gasteiger partial charge in [-0.2, -0.15) is 0 Å². The second kappa shape index (κ2) is 9.28. The van der Waals surface area contributed by atoms with Crippen molar-refractivity contribution in [2.24, 2.45) is 0 Å². The lowest BCUT2D eigenvalue weighted by Crippen LogP contribution is -2.40. The molecule has 1 rings (SSSR count). The average molecular weight is 380 g/mol. The molecule has 1 atom stereocenters. The Balaban J connectivity index is 2.09. The Bertz CT molecular complexity index is 438. The summed E-state index contributed by atoms with van der Waals surface area (Å²) in [5, 5.41) is 19.4. The Labute approximate surface area is 138 Å². The van der Waals surface area contributed by atoms with Crippen molar-refractivity contribution in [3.8, 4) is 5.75 Å². The lowest BCUT2D eigenvalue weighted by Gasteiger charge is -2.20. The molecule has 0 aliphatic carbocycles. The summed E-state index contributed by atoms with van der Waals surface area (Å²) < 4.78 is 5.56. The molecule has 0 bridgehead atoms. The minimum absolute atomic E-state index is 0.0506. The number of carbonyl (C=O) groups is 1. The van der Waals surface area contributed by atoms with E-state index in [0.29, 0.717) is 18.1 Å². The smallest absolute Gasteiger partial charge is 0.336 e. The van der Waals surface area contributed by atoms with E-state index in [4.69, 9.17) is 21.4 Å². The highest BCUT2D eigenvalue weighted by Gasteiger charge is 2.33. The number of carboxylic acids is 1. The molecule has 0 spiro atoms. The first-order chi connectivity index (χ1) is 9.98. The first kappa shape index (κ1) is 18.3. The van der Waals surface area contributed by atoms with Crippen LogP contribution in [0.25, 0.3) is 0 Å². The molecule has 0 aliphatic rings. The quantitative estimate of drug-likeness (QED) is 0.478. The van der Waals surface area contributed by atoms with Crippen molar-refractivity contribution in [2.75, 3.05) is 11.9 Å². The van der Waals surface area contributed by atoms with Crippen molar-refractivity contribution in [3.63, 3.8) is 0 Å². The lowest BCUT2D eigenvalue weighted by molar-refractivity contribution is -0.156. The number of hydrogen-bond donors (Lipinski definition) is 2. The second-order valence-electron chi connectivity index (χ2n) is 4.94. The van der Waals surface area contributed by atoms with Crippen molar-refractivity contribution in [3.05, 3.63) is 29.3 Å². The summed E-state index contributed by atoms with van der Waals surface area (Å²) in [6.45, 7) is 0.614. The fraction of sp³-hybridized carbons (Fsp3) is 0.533. The zero-order chi connectivity index (χ0) is 15.7. The SMILES string of the molecule is O=C(O)[C@](O)(CBr)CCCCCCOc1ccc(Cl)cc1. The molecule has 0 heterocycles. The number of carboxylic acid groups (broad SMARTS) is 1. The van der Waals surface area contributed by atoms with Crippen LogP contribution in [0.1, 0.15) is 32.1 Å². The Morgan fingerprint density at radius 1 is 1.19 bits per heavy atom. The minimum Gasteiger partial charge on any atom is -0.494 e. The number of hydrogen-bond acceptors (Lipinski definition) is 3. The van der Waals surface area contributed by atoms with E-state index < -0.39 is 11.6 Å². The monoisotopic (exact) mass is 378 g/mol. The topological polar surface area (TPSA) is 66.8 Å². The van der Waals surface area contributed by atoms with Gasteiger partial charge in [0.15, 0.2) is 5.60 Å². The molecule has 0 aromatic heterocycles. The summed E-state index contributed by atoms with van der Waals surface area (Å²) in [5.74, 6) is -0.385. The summed E-state index contributed by atoms with van der Waals surface area (Å²) in [6.07, 6.45) is 3.63. The van der Waals surface area contributed by atoms with Crippen LogP contribution in [0.2, 0.25) is 5.02 Å². The molecule has 0 unspecified atom stereocenters. The molecule has 21 heavy (non-hydrogen) atoms. The van der Waals surface area contributed by atoms with Gasteiger partial charge in [-0.25, -0.2) is 4.79 Å². The van der Waals surface area contributed by atoms with Crippen LogP contribution >= 0.6 is 27.5 Å². The van der Waals surface area contributed by atoms with E-state index in [1.54, 1.807) is 12.1 Å². The first-order valence-corrected chi connectivity index (χ1v) is 8.38. The zero-order valence-electron chi connectivity index (χ0n) is 11.7. The van der Waals surface area contributed by atoms with Crippen LogP contribution in [0.5, 0.6) is 5.75 Å². The second-order valence-corrected chi connectivity index (χ2v) is 5.93. The van der Waals surface area contributed by atoms with Gasteiger partial charge in [-0.3, -0.25) is 0 Å². The third-order valence-corrected chi connectivity index (χ3v) is 4.37. The maximum Gasteiger partial charge on any atom is 0.336 e. The Hall–Kier alpha value is -0.780. The van der Waals surface area contributed by atoms with Gasteiger partial charge < -0.3 is 14.9 Å². The Morgan fingerprint density at radius 2 is 1.81 bits per heavy atom. The molecule has 2 N–H and O–H groups in total. The molecule has 4 nitrogen and oxygen atoms in total. The number of halogens is 2. The van der Waals surface area contributed by atoms with E-state index in [2.05, 4.69) is 15.9 Å². The van der Waals surface area contributed by atoms with Crippen molar-refractivity contribution >= 4 is 33.5 Å². The molecule has 1 aromatic carbocycles. The summed E-state index contributed by atoms with van der Waals surface area (Å²) >= 11 is 8.82. The third-order valence-electron chi connectivity index (χ3n) is 3.19. The number of unbranched alkanes of at least 4 members (excludes halogenated alkanes) is 3. The molecule has 0 saturated heterocycles. The predicted molar refractivity (Wildman–Crippen MR) is 86.4 cm³/mol. The fourth-order valence-electron chi connectivity index (χ4n) is 1.82. The molecule has 118 valence electrons. The number of rotatable bonds is 10. The summed E-state index contributed by atoms with van der Waals surface area (Å²) in [7, 11) is 0. The van der Waals surface area contributed by atoms with Crippen LogP contribution in [0.3, 0.4) is 0 Å². The number of benzene rings is 1. The molecule has 0 radical (unpaired) electrons. The molecule has 6 heteroatoms. The maximum atomic E-state index is 10.9. The summed E-state index contributed by atoms with van der Waals surface area (Å²) in [4.78, 5) is 10.9. The Kier molecular flexibility index (Phi) is 8.07. The largest absolute Gasteiger partial charge is 0.494 e. The molecule has 0 amide bonds. The molecular weight excluding hydrogens is 360 g/mol. The van der Waals surface area contributed by atoms with Crippen molar-refractivity contribution < 1.29 is 19.7 Å². The van der Waals surface area contributed by atoms with E-state index >= 15 is 0 Å². The van der Waals surface area contributed by atoms with Gasteiger partial charge in [0.05, 0.1) is 6.61 Å². The number of aliphatic hydroxyl groups is 1. The van der Waals surface area contributed by atoms with Gasteiger partial charge >= 0.3 is 5.97 Å². The van der Waals surface area contributed by atoms with Gasteiger partial charge in [-0.05, 0) is 43.5 Å². The highest BCUT2D eigenvalue weighted by Crippen LogP contribution is 2.19. The molecule has 0 aliphatic heterocycles. The molecule has 0 fully saturated rings. The van der Waals surface area contributed by atoms with Gasteiger partial charge in [0.25, 0.3) is 0 Å². The average Bonchev–Trinajstić information content (AvgIpc) is 2.47. The van der Waals surface area contributed by atoms with Crippen molar-refractivity contribution in [1.82, 2.24) is 0 Å². The fourth-order valence-corrected chi connectivity index (χ4v) is 2.47. The third kappa shape index (κ3) is 6.68. The predicted octanol–water partition coefficient (Wildman–Crippen LogP) is 3.88. The molecular formula is C15H20BrClO4. The highest BCUT2D eigenvalue weighted by atomic mass is 79.9. The van der Waals surface area contributed by atoms with E-state index in [1.165, 1.54) is 0 Å². The van der Waals surface area contributed by atoms with Crippen LogP contribution in [0, 0.1) is 0 Å². The van der Waals surface area contributed by atoms with E-state index in [9.17, 15) is 9.90 Å². The number of aliphatic carboxylic acids is 1. The number of ether oxygens (including phenoxy) is 1. The van der Waals surface area contributed by atoms with Gasteiger partial charge in [0, 0.05) is 10.4 Å². The first-order valence-electron chi connectivity index (χ1n) is 6.88. The maximum absolute atomic E-state index is 10.9. The van der Waals surface area contributed by atoms with Crippen LogP contribution in [0.15, 0.2) is 24.3 Å². The van der Waals surface area contributed by atoms with Gasteiger partial charge in [0.1, 0.15) is 5.75 Å². The normalized spacial score (nSPS) is 13.7. The van der Waals surface area contributed by atoms with Crippen LogP contribution in [-0.4, -0.2) is 33.7 Å². The van der Waals surface area contributed by atoms with Crippen LogP contribution in [-0.2, 0) is 4.79 Å². The van der Waals surface area contributed by atoms with E-state index in [0.717, 1.165) is 25.0 Å². The van der Waals surface area contributed by atoms with Crippen LogP contribution in [0.4, 0.5) is 0 Å². The van der Waals surface area contributed by atoms with Crippen molar-refractivity contribution in [1.29, 1.82) is 0 Å². The van der Waals surface area contributed by atoms with Crippen LogP contribution < -0.4 is 4.74 Å². The van der Waals surface area contributed by atoms with Gasteiger partial charge in [0.2, 0.25) is 0 Å². The van der Waals surface area contributed by atoms with E-state index in [-0.39, 0.29) is 11.8 Å². The van der Waals surface area contributed by atoms with Gasteiger partial charge in [-0.1, -0.05) is 40.4 Å².